The van der Waals surface area contributed by atoms with Crippen LogP contribution < -0.4 is 4.74 Å². The second-order valence-electron chi connectivity index (χ2n) is 9.07. The van der Waals surface area contributed by atoms with Crippen LogP contribution in [0.1, 0.15) is 42.6 Å². The number of likely N-dealkylation sites (N-methyl/N-ethyl adjacent to an activating group) is 1. The highest BCUT2D eigenvalue weighted by atomic mass is 16.5. The lowest BCUT2D eigenvalue weighted by Gasteiger charge is -2.32. The van der Waals surface area contributed by atoms with Crippen molar-refractivity contribution in [2.24, 2.45) is 5.92 Å². The maximum Gasteiger partial charge on any atom is 0.257 e. The van der Waals surface area contributed by atoms with Gasteiger partial charge in [-0.25, -0.2) is 0 Å². The van der Waals surface area contributed by atoms with Crippen LogP contribution in [0.3, 0.4) is 0 Å². The minimum Gasteiger partial charge on any atom is -0.496 e. The van der Waals surface area contributed by atoms with Crippen LogP contribution in [0.2, 0.25) is 0 Å². The third kappa shape index (κ3) is 5.41. The molecule has 5 nitrogen and oxygen atoms in total. The van der Waals surface area contributed by atoms with Crippen molar-refractivity contribution in [2.75, 3.05) is 39.8 Å². The zero-order valence-electron chi connectivity index (χ0n) is 20.3. The number of likely N-dealkylation sites (tertiary alicyclic amines) is 1. The first-order valence-corrected chi connectivity index (χ1v) is 12.3. The van der Waals surface area contributed by atoms with Crippen molar-refractivity contribution < 1.29 is 9.53 Å². The first-order valence-electron chi connectivity index (χ1n) is 12.3. The van der Waals surface area contributed by atoms with Crippen LogP contribution in [0.25, 0.3) is 10.9 Å². The highest BCUT2D eigenvalue weighted by Crippen LogP contribution is 2.30. The number of fused-ring (bicyclic) bond motifs is 1. The Morgan fingerprint density at radius 3 is 2.45 bits per heavy atom. The van der Waals surface area contributed by atoms with Crippen molar-refractivity contribution in [2.45, 2.75) is 39.7 Å². The number of amides is 1. The van der Waals surface area contributed by atoms with Crippen molar-refractivity contribution in [3.8, 4) is 5.75 Å². The minimum absolute atomic E-state index is 0.0859. The normalized spacial score (nSPS) is 14.8. The van der Waals surface area contributed by atoms with Gasteiger partial charge in [0, 0.05) is 43.8 Å². The van der Waals surface area contributed by atoms with E-state index in [1.807, 2.05) is 17.0 Å². The molecule has 0 bridgehead atoms. The molecular formula is C28H37N3O2. The molecule has 0 unspecified atom stereocenters. The number of aromatic nitrogens is 1. The first-order chi connectivity index (χ1) is 16.1. The van der Waals surface area contributed by atoms with E-state index in [4.69, 9.17) is 4.74 Å². The summed E-state index contributed by atoms with van der Waals surface area (Å²) in [4.78, 5) is 17.8. The summed E-state index contributed by atoms with van der Waals surface area (Å²) in [6.45, 7) is 10.1. The first kappa shape index (κ1) is 23.4. The lowest BCUT2D eigenvalue weighted by atomic mass is 9.90. The van der Waals surface area contributed by atoms with Gasteiger partial charge in [0.05, 0.1) is 18.2 Å². The Morgan fingerprint density at radius 1 is 1.06 bits per heavy atom. The van der Waals surface area contributed by atoms with Crippen LogP contribution in [0.15, 0.2) is 54.7 Å². The Labute approximate surface area is 197 Å². The van der Waals surface area contributed by atoms with E-state index in [-0.39, 0.29) is 5.91 Å². The van der Waals surface area contributed by atoms with E-state index in [0.717, 1.165) is 69.4 Å². The van der Waals surface area contributed by atoms with Crippen molar-refractivity contribution in [3.63, 3.8) is 0 Å². The molecule has 1 aliphatic rings. The maximum atomic E-state index is 13.4. The number of hydrogen-bond acceptors (Lipinski definition) is 3. The molecule has 2 heterocycles. The van der Waals surface area contributed by atoms with Crippen molar-refractivity contribution in [1.29, 1.82) is 0 Å². The molecule has 3 aromatic rings. The summed E-state index contributed by atoms with van der Waals surface area (Å²) >= 11 is 0. The van der Waals surface area contributed by atoms with Gasteiger partial charge in [0.15, 0.2) is 0 Å². The summed E-state index contributed by atoms with van der Waals surface area (Å²) in [5, 5.41) is 1.10. The van der Waals surface area contributed by atoms with Gasteiger partial charge in [-0.2, -0.15) is 0 Å². The molecule has 33 heavy (non-hydrogen) atoms. The highest BCUT2D eigenvalue weighted by Gasteiger charge is 2.26. The van der Waals surface area contributed by atoms with Gasteiger partial charge in [-0.3, -0.25) is 4.79 Å². The molecule has 1 aliphatic heterocycles. The Bertz CT molecular complexity index is 1050. The summed E-state index contributed by atoms with van der Waals surface area (Å²) in [6, 6.07) is 16.8. The van der Waals surface area contributed by atoms with Gasteiger partial charge in [0.25, 0.3) is 5.91 Å². The smallest absolute Gasteiger partial charge is 0.257 e. The molecule has 0 N–H and O–H groups in total. The number of carbonyl (C=O) groups excluding carboxylic acids is 1. The molecule has 5 heteroatoms. The second-order valence-corrected chi connectivity index (χ2v) is 9.07. The van der Waals surface area contributed by atoms with Gasteiger partial charge >= 0.3 is 0 Å². The van der Waals surface area contributed by atoms with Crippen LogP contribution in [-0.2, 0) is 13.0 Å². The molecule has 176 valence electrons. The molecule has 1 amide bonds. The molecule has 1 fully saturated rings. The number of methoxy groups -OCH3 is 1. The molecule has 0 saturated carbocycles. The molecule has 0 atom stereocenters. The minimum atomic E-state index is 0.0859. The molecule has 0 radical (unpaired) electrons. The lowest BCUT2D eigenvalue weighted by Crippen LogP contribution is -2.39. The SMILES string of the molecule is CCN(CC)CCn1ccc2cc(C(=O)N3CCC(Cc4ccccc4)CC3)c(OC)cc21. The van der Waals surface area contributed by atoms with Crippen LogP contribution in [0, 0.1) is 5.92 Å². The number of nitrogens with zero attached hydrogens (tertiary/aromatic N) is 3. The second kappa shape index (κ2) is 10.9. The van der Waals surface area contributed by atoms with E-state index >= 15 is 0 Å². The van der Waals surface area contributed by atoms with E-state index < -0.39 is 0 Å². The average molecular weight is 448 g/mol. The number of benzene rings is 2. The maximum absolute atomic E-state index is 13.4. The molecule has 0 spiro atoms. The fraction of sp³-hybridized carbons (Fsp3) is 0.464. The summed E-state index contributed by atoms with van der Waals surface area (Å²) in [5.74, 6) is 1.39. The lowest BCUT2D eigenvalue weighted by molar-refractivity contribution is 0.0687. The van der Waals surface area contributed by atoms with Gasteiger partial charge < -0.3 is 19.1 Å². The molecule has 1 aromatic heterocycles. The fourth-order valence-electron chi connectivity index (χ4n) is 5.00. The van der Waals surface area contributed by atoms with Crippen molar-refractivity contribution >= 4 is 16.8 Å². The number of rotatable bonds is 9. The van der Waals surface area contributed by atoms with Gasteiger partial charge in [0.2, 0.25) is 0 Å². The summed E-state index contributed by atoms with van der Waals surface area (Å²) < 4.78 is 7.95. The van der Waals surface area contributed by atoms with E-state index in [0.29, 0.717) is 17.2 Å². The van der Waals surface area contributed by atoms with Crippen molar-refractivity contribution in [3.05, 3.63) is 65.9 Å². The number of hydrogen-bond donors (Lipinski definition) is 0. The summed E-state index contributed by atoms with van der Waals surface area (Å²) in [6.07, 6.45) is 5.32. The van der Waals surface area contributed by atoms with Crippen LogP contribution in [-0.4, -0.2) is 60.1 Å². The highest BCUT2D eigenvalue weighted by molar-refractivity contribution is 6.01. The summed E-state index contributed by atoms with van der Waals surface area (Å²) in [7, 11) is 1.66. The van der Waals surface area contributed by atoms with Crippen LogP contribution in [0.5, 0.6) is 5.75 Å². The molecule has 2 aromatic carbocycles. The Hall–Kier alpha value is -2.79. The average Bonchev–Trinajstić information content (AvgIpc) is 3.26. The fourth-order valence-corrected chi connectivity index (χ4v) is 5.00. The molecule has 4 rings (SSSR count). The standard InChI is InChI=1S/C28H37N3O2/c1-4-29(5-2)17-18-30-16-13-24-20-25(27(33-3)21-26(24)30)28(32)31-14-11-23(12-15-31)19-22-9-7-6-8-10-22/h6-10,13,16,20-21,23H,4-5,11-12,14-15,17-19H2,1-3H3. The van der Waals surface area contributed by atoms with Gasteiger partial charge in [-0.1, -0.05) is 44.2 Å². The topological polar surface area (TPSA) is 37.7 Å². The Kier molecular flexibility index (Phi) is 7.71. The van der Waals surface area contributed by atoms with E-state index in [1.165, 1.54) is 5.56 Å². The van der Waals surface area contributed by atoms with E-state index in [1.54, 1.807) is 7.11 Å². The van der Waals surface area contributed by atoms with E-state index in [2.05, 4.69) is 65.9 Å². The zero-order valence-corrected chi connectivity index (χ0v) is 20.3. The molecular weight excluding hydrogens is 410 g/mol. The Balaban J connectivity index is 1.44. The number of ether oxygens (including phenoxy) is 1. The van der Waals surface area contributed by atoms with Gasteiger partial charge in [-0.15, -0.1) is 0 Å². The predicted molar refractivity (Wildman–Crippen MR) is 135 cm³/mol. The van der Waals surface area contributed by atoms with E-state index in [9.17, 15) is 4.79 Å². The quantitative estimate of drug-likeness (QED) is 0.459. The third-order valence-corrected chi connectivity index (χ3v) is 7.14. The largest absolute Gasteiger partial charge is 0.496 e. The predicted octanol–water partition coefficient (Wildman–Crippen LogP) is 5.09. The zero-order chi connectivity index (χ0) is 23.2. The number of piperidine rings is 1. The third-order valence-electron chi connectivity index (χ3n) is 7.14. The molecule has 1 saturated heterocycles. The van der Waals surface area contributed by atoms with Crippen molar-refractivity contribution in [1.82, 2.24) is 14.4 Å². The molecule has 0 aliphatic carbocycles. The number of carbonyl (C=O) groups is 1. The monoisotopic (exact) mass is 447 g/mol. The Morgan fingerprint density at radius 2 is 1.79 bits per heavy atom. The van der Waals surface area contributed by atoms with Gasteiger partial charge in [0.1, 0.15) is 5.75 Å². The summed E-state index contributed by atoms with van der Waals surface area (Å²) in [5.41, 5.74) is 3.19. The van der Waals surface area contributed by atoms with Crippen LogP contribution in [0.4, 0.5) is 0 Å². The van der Waals surface area contributed by atoms with Crippen LogP contribution >= 0.6 is 0 Å². The van der Waals surface area contributed by atoms with Gasteiger partial charge in [-0.05, 0) is 56.0 Å².